The van der Waals surface area contributed by atoms with Crippen molar-refractivity contribution in [2.45, 2.75) is 60.1 Å². The molecule has 3 aliphatic rings. The van der Waals surface area contributed by atoms with Crippen LogP contribution in [-0.2, 0) is 15.5 Å². The minimum absolute atomic E-state index is 0.288. The maximum Gasteiger partial charge on any atom is 0.170 e. The van der Waals surface area contributed by atoms with Gasteiger partial charge in [-0.15, -0.1) is 0 Å². The zero-order chi connectivity index (χ0) is 23.0. The Morgan fingerprint density at radius 3 is 2.55 bits per heavy atom. The molecule has 0 amide bonds. The third kappa shape index (κ3) is 4.88. The van der Waals surface area contributed by atoms with E-state index in [-0.39, 0.29) is 5.41 Å². The van der Waals surface area contributed by atoms with Crippen molar-refractivity contribution in [2.24, 2.45) is 5.41 Å². The predicted octanol–water partition coefficient (Wildman–Crippen LogP) is 4.41. The minimum atomic E-state index is -1.25. The molecule has 1 spiro atoms. The summed E-state index contributed by atoms with van der Waals surface area (Å²) in [6, 6.07) is 1.90. The van der Waals surface area contributed by atoms with Crippen molar-refractivity contribution in [3.63, 3.8) is 0 Å². The van der Waals surface area contributed by atoms with E-state index in [0.717, 1.165) is 81.4 Å². The van der Waals surface area contributed by atoms with Crippen LogP contribution in [0, 0.1) is 5.41 Å². The lowest BCUT2D eigenvalue weighted by Gasteiger charge is -2.39. The van der Waals surface area contributed by atoms with E-state index in [2.05, 4.69) is 21.7 Å². The number of piperidine rings is 1. The molecule has 7 nitrogen and oxygen atoms in total. The molecule has 3 saturated heterocycles. The van der Waals surface area contributed by atoms with Gasteiger partial charge in [0.2, 0.25) is 0 Å². The molecule has 0 N–H and O–H groups in total. The van der Waals surface area contributed by atoms with Crippen LogP contribution >= 0.6 is 23.4 Å². The van der Waals surface area contributed by atoms with Gasteiger partial charge in [0.05, 0.1) is 34.7 Å². The molecule has 10 heteroatoms. The van der Waals surface area contributed by atoms with Crippen LogP contribution in [0.2, 0.25) is 5.02 Å². The van der Waals surface area contributed by atoms with E-state index >= 15 is 0 Å². The van der Waals surface area contributed by atoms with Crippen LogP contribution in [0.1, 0.15) is 39.0 Å². The fourth-order valence-electron chi connectivity index (χ4n) is 5.15. The van der Waals surface area contributed by atoms with Gasteiger partial charge in [-0.2, -0.15) is 0 Å². The number of aromatic nitrogens is 3. The fraction of sp³-hybridized carbons (Fsp3) is 0.609. The predicted molar refractivity (Wildman–Crippen MR) is 133 cm³/mol. The Morgan fingerprint density at radius 1 is 1.15 bits per heavy atom. The highest BCUT2D eigenvalue weighted by molar-refractivity contribution is 7.99. The van der Waals surface area contributed by atoms with E-state index in [1.807, 2.05) is 6.07 Å². The van der Waals surface area contributed by atoms with Gasteiger partial charge in [0.15, 0.2) is 10.8 Å². The van der Waals surface area contributed by atoms with Gasteiger partial charge in [-0.05, 0) is 50.5 Å². The average molecular weight is 508 g/mol. The van der Waals surface area contributed by atoms with Crippen LogP contribution in [0.3, 0.4) is 0 Å². The molecule has 2 aromatic heterocycles. The highest BCUT2D eigenvalue weighted by Gasteiger charge is 2.41. The van der Waals surface area contributed by atoms with Gasteiger partial charge in [-0.1, -0.05) is 23.4 Å². The van der Waals surface area contributed by atoms with Gasteiger partial charge < -0.3 is 14.5 Å². The van der Waals surface area contributed by atoms with Crippen LogP contribution in [0.15, 0.2) is 33.4 Å². The van der Waals surface area contributed by atoms with Gasteiger partial charge in [0, 0.05) is 43.5 Å². The molecule has 178 valence electrons. The molecule has 0 aliphatic carbocycles. The quantitative estimate of drug-likeness (QED) is 0.589. The lowest BCUT2D eigenvalue weighted by atomic mass is 9.77. The molecule has 0 radical (unpaired) electrons. The first-order chi connectivity index (χ1) is 15.9. The van der Waals surface area contributed by atoms with Crippen LogP contribution < -0.4 is 9.80 Å². The second kappa shape index (κ2) is 9.68. The summed E-state index contributed by atoms with van der Waals surface area (Å²) in [5.41, 5.74) is 0.288. The van der Waals surface area contributed by atoms with Gasteiger partial charge in [0.1, 0.15) is 10.8 Å². The van der Waals surface area contributed by atoms with Crippen molar-refractivity contribution in [3.8, 4) is 0 Å². The third-order valence-electron chi connectivity index (χ3n) is 6.95. The Balaban J connectivity index is 1.34. The summed E-state index contributed by atoms with van der Waals surface area (Å²) in [4.78, 5) is 19.3. The van der Waals surface area contributed by atoms with E-state index in [1.165, 1.54) is 11.8 Å². The lowest BCUT2D eigenvalue weighted by Crippen LogP contribution is -2.41. The highest BCUT2D eigenvalue weighted by atomic mass is 35.5. The zero-order valence-electron chi connectivity index (χ0n) is 19.1. The molecule has 2 aromatic rings. The first-order valence-corrected chi connectivity index (χ1v) is 14.3. The highest BCUT2D eigenvalue weighted by Crippen LogP contribution is 2.43. The van der Waals surface area contributed by atoms with Crippen LogP contribution in [0.5, 0.6) is 0 Å². The smallest absolute Gasteiger partial charge is 0.170 e. The van der Waals surface area contributed by atoms with E-state index < -0.39 is 10.8 Å². The number of rotatable bonds is 5. The molecule has 0 saturated carbocycles. The van der Waals surface area contributed by atoms with Crippen molar-refractivity contribution in [1.29, 1.82) is 0 Å². The van der Waals surface area contributed by atoms with Gasteiger partial charge in [-0.3, -0.25) is 4.21 Å². The Labute approximate surface area is 207 Å². The maximum absolute atomic E-state index is 12.6. The second-order valence-electron chi connectivity index (χ2n) is 9.35. The molecule has 3 aliphatic heterocycles. The van der Waals surface area contributed by atoms with Crippen molar-refractivity contribution < 1.29 is 8.95 Å². The first kappa shape index (κ1) is 23.3. The van der Waals surface area contributed by atoms with Crippen LogP contribution in [0.25, 0.3) is 0 Å². The summed E-state index contributed by atoms with van der Waals surface area (Å²) in [6.45, 7) is 6.74. The maximum atomic E-state index is 12.6. The molecular formula is C23H30ClN5O2S2. The van der Waals surface area contributed by atoms with E-state index in [4.69, 9.17) is 26.3 Å². The summed E-state index contributed by atoms with van der Waals surface area (Å²) in [7, 11) is -1.25. The van der Waals surface area contributed by atoms with Crippen LogP contribution in [0.4, 0.5) is 11.6 Å². The Bertz CT molecular complexity index is 1040. The van der Waals surface area contributed by atoms with E-state index in [1.54, 1.807) is 18.6 Å². The number of halogens is 1. The summed E-state index contributed by atoms with van der Waals surface area (Å²) in [5.74, 6) is 1.57. The first-order valence-electron chi connectivity index (χ1n) is 11.6. The zero-order valence-corrected chi connectivity index (χ0v) is 21.5. The number of pyridine rings is 1. The van der Waals surface area contributed by atoms with Crippen molar-refractivity contribution in [1.82, 2.24) is 15.0 Å². The number of hydrogen-bond donors (Lipinski definition) is 0. The standard InChI is InChI=1S/C23H30ClN5O2S2/c1-16-13-23(15-31-16)6-11-29(12-7-23)21-22(33(2)30)27-18(14-26-21)32-17-5-8-25-20(19(17)24)28-9-3-4-10-28/h5,8,14,16H,3-4,6-7,9-13,15H2,1-2H3/t16-,33?/m0/s1. The number of anilines is 2. The number of hydrogen-bond acceptors (Lipinski definition) is 8. The van der Waals surface area contributed by atoms with Gasteiger partial charge >= 0.3 is 0 Å². The summed E-state index contributed by atoms with van der Waals surface area (Å²) in [5, 5.41) is 1.87. The largest absolute Gasteiger partial charge is 0.378 e. The van der Waals surface area contributed by atoms with Crippen LogP contribution in [-0.4, -0.2) is 64.3 Å². The van der Waals surface area contributed by atoms with Gasteiger partial charge in [-0.25, -0.2) is 15.0 Å². The lowest BCUT2D eigenvalue weighted by molar-refractivity contribution is 0.0975. The molecule has 5 heterocycles. The summed E-state index contributed by atoms with van der Waals surface area (Å²) < 4.78 is 18.5. The number of nitrogens with zero attached hydrogens (tertiary/aromatic N) is 5. The van der Waals surface area contributed by atoms with Crippen molar-refractivity contribution in [2.75, 3.05) is 48.8 Å². The van der Waals surface area contributed by atoms with E-state index in [9.17, 15) is 4.21 Å². The summed E-state index contributed by atoms with van der Waals surface area (Å²) in [6.07, 6.45) is 11.2. The molecule has 2 atom stereocenters. The number of ether oxygens (including phenoxy) is 1. The minimum Gasteiger partial charge on any atom is -0.378 e. The summed E-state index contributed by atoms with van der Waals surface area (Å²) >= 11 is 8.16. The van der Waals surface area contributed by atoms with Crippen molar-refractivity contribution in [3.05, 3.63) is 23.5 Å². The molecular weight excluding hydrogens is 478 g/mol. The Hall–Kier alpha value is -1.42. The second-order valence-corrected chi connectivity index (χ2v) is 12.1. The molecule has 3 fully saturated rings. The van der Waals surface area contributed by atoms with Gasteiger partial charge in [0.25, 0.3) is 0 Å². The molecule has 1 unspecified atom stereocenters. The average Bonchev–Trinajstić information content (AvgIpc) is 3.46. The van der Waals surface area contributed by atoms with E-state index in [0.29, 0.717) is 21.2 Å². The molecule has 5 rings (SSSR count). The molecule has 0 bridgehead atoms. The fourth-order valence-corrected chi connectivity index (χ4v) is 7.00. The Kier molecular flexibility index (Phi) is 6.84. The molecule has 0 aromatic carbocycles. The van der Waals surface area contributed by atoms with Crippen molar-refractivity contribution >= 4 is 45.8 Å². The normalized spacial score (nSPS) is 23.4. The molecule has 33 heavy (non-hydrogen) atoms. The monoisotopic (exact) mass is 507 g/mol. The SMILES string of the molecule is C[C@H]1CC2(CCN(c3ncc(Sc4ccnc(N5CCCC5)c4Cl)nc3S(C)=O)CC2)CO1. The Morgan fingerprint density at radius 2 is 1.88 bits per heavy atom. The topological polar surface area (TPSA) is 71.5 Å². The third-order valence-corrected chi connectivity index (χ3v) is 9.22.